The highest BCUT2D eigenvalue weighted by atomic mass is 79.9. The Balaban J connectivity index is 1.57. The Morgan fingerprint density at radius 1 is 1.13 bits per heavy atom. The zero-order chi connectivity index (χ0) is 16.1. The van der Waals surface area contributed by atoms with Crippen LogP contribution in [0.2, 0.25) is 0 Å². The van der Waals surface area contributed by atoms with Gasteiger partial charge in [0.2, 0.25) is 5.91 Å². The number of furan rings is 2. The van der Waals surface area contributed by atoms with Crippen LogP contribution in [0.4, 0.5) is 0 Å². The van der Waals surface area contributed by atoms with Crippen LogP contribution in [0.1, 0.15) is 11.5 Å². The summed E-state index contributed by atoms with van der Waals surface area (Å²) in [6.45, 7) is 0.331. The smallest absolute Gasteiger partial charge is 0.244 e. The van der Waals surface area contributed by atoms with Crippen LogP contribution in [0.25, 0.3) is 17.4 Å². The number of hydrogen-bond acceptors (Lipinski definition) is 3. The van der Waals surface area contributed by atoms with Crippen LogP contribution in [0.3, 0.4) is 0 Å². The van der Waals surface area contributed by atoms with Gasteiger partial charge in [0.25, 0.3) is 0 Å². The van der Waals surface area contributed by atoms with E-state index < -0.39 is 0 Å². The summed E-state index contributed by atoms with van der Waals surface area (Å²) in [5, 5.41) is 2.77. The molecule has 0 aliphatic rings. The summed E-state index contributed by atoms with van der Waals surface area (Å²) in [5.41, 5.74) is 0.989. The van der Waals surface area contributed by atoms with Crippen molar-refractivity contribution < 1.29 is 13.6 Å². The summed E-state index contributed by atoms with van der Waals surface area (Å²) in [4.78, 5) is 11.7. The summed E-state index contributed by atoms with van der Waals surface area (Å²) in [5.74, 6) is 1.90. The van der Waals surface area contributed by atoms with Gasteiger partial charge in [0.15, 0.2) is 0 Å². The van der Waals surface area contributed by atoms with Gasteiger partial charge in [-0.05, 0) is 42.5 Å². The summed E-state index contributed by atoms with van der Waals surface area (Å²) < 4.78 is 11.9. The highest BCUT2D eigenvalue weighted by Crippen LogP contribution is 2.23. The maximum atomic E-state index is 11.7. The van der Waals surface area contributed by atoms with E-state index in [1.54, 1.807) is 24.5 Å². The summed E-state index contributed by atoms with van der Waals surface area (Å²) in [6.07, 6.45) is 4.60. The Hall–Kier alpha value is -2.53. The van der Waals surface area contributed by atoms with E-state index in [2.05, 4.69) is 21.2 Å². The van der Waals surface area contributed by atoms with E-state index in [9.17, 15) is 4.79 Å². The first-order valence-electron chi connectivity index (χ1n) is 7.05. The maximum Gasteiger partial charge on any atom is 0.244 e. The molecule has 2 heterocycles. The van der Waals surface area contributed by atoms with E-state index in [1.807, 2.05) is 36.4 Å². The van der Waals surface area contributed by atoms with Crippen molar-refractivity contribution in [3.05, 3.63) is 76.9 Å². The molecule has 23 heavy (non-hydrogen) atoms. The minimum atomic E-state index is -0.206. The summed E-state index contributed by atoms with van der Waals surface area (Å²) in [7, 11) is 0. The number of hydrogen-bond donors (Lipinski definition) is 1. The standard InChI is InChI=1S/C18H14BrNO3/c19-14-5-3-13(4-6-14)17-9-7-16(23-17)12-20-18(21)10-8-15-2-1-11-22-15/h1-11H,12H2,(H,20,21)/b10-8+. The molecular formula is C18H14BrNO3. The number of carbonyl (C=O) groups excluding carboxylic acids is 1. The van der Waals surface area contributed by atoms with Crippen molar-refractivity contribution in [2.75, 3.05) is 0 Å². The zero-order valence-corrected chi connectivity index (χ0v) is 13.7. The molecule has 3 aromatic rings. The molecule has 116 valence electrons. The van der Waals surface area contributed by atoms with Gasteiger partial charge >= 0.3 is 0 Å². The lowest BCUT2D eigenvalue weighted by atomic mass is 10.2. The van der Waals surface area contributed by atoms with Gasteiger partial charge in [0.05, 0.1) is 12.8 Å². The Bertz CT molecular complexity index is 801. The third kappa shape index (κ3) is 4.23. The van der Waals surface area contributed by atoms with E-state index in [1.165, 1.54) is 6.08 Å². The second-order valence-electron chi connectivity index (χ2n) is 4.84. The third-order valence-electron chi connectivity index (χ3n) is 3.17. The predicted molar refractivity (Wildman–Crippen MR) is 91.4 cm³/mol. The second kappa shape index (κ2) is 7.15. The molecule has 0 fully saturated rings. The first-order chi connectivity index (χ1) is 11.2. The number of nitrogens with one attached hydrogen (secondary N) is 1. The van der Waals surface area contributed by atoms with Crippen molar-refractivity contribution in [3.63, 3.8) is 0 Å². The third-order valence-corrected chi connectivity index (χ3v) is 3.70. The van der Waals surface area contributed by atoms with Gasteiger partial charge in [-0.1, -0.05) is 28.1 Å². The molecule has 1 amide bonds. The van der Waals surface area contributed by atoms with E-state index in [4.69, 9.17) is 8.83 Å². The van der Waals surface area contributed by atoms with Gasteiger partial charge in [-0.15, -0.1) is 0 Å². The van der Waals surface area contributed by atoms with Crippen molar-refractivity contribution in [1.82, 2.24) is 5.32 Å². The number of benzene rings is 1. The Kier molecular flexibility index (Phi) is 4.78. The van der Waals surface area contributed by atoms with Crippen molar-refractivity contribution in [3.8, 4) is 11.3 Å². The monoisotopic (exact) mass is 371 g/mol. The SMILES string of the molecule is O=C(/C=C/c1ccco1)NCc1ccc(-c2ccc(Br)cc2)o1. The Morgan fingerprint density at radius 2 is 1.96 bits per heavy atom. The normalized spacial score (nSPS) is 11.0. The molecule has 5 heteroatoms. The summed E-state index contributed by atoms with van der Waals surface area (Å²) >= 11 is 3.40. The second-order valence-corrected chi connectivity index (χ2v) is 5.76. The molecule has 0 saturated carbocycles. The van der Waals surface area contributed by atoms with E-state index in [0.717, 1.165) is 15.8 Å². The molecular weight excluding hydrogens is 358 g/mol. The lowest BCUT2D eigenvalue weighted by Crippen LogP contribution is -2.19. The Morgan fingerprint density at radius 3 is 2.70 bits per heavy atom. The Labute approximate surface area is 141 Å². The molecule has 1 N–H and O–H groups in total. The van der Waals surface area contributed by atoms with Crippen LogP contribution in [-0.4, -0.2) is 5.91 Å². The maximum absolute atomic E-state index is 11.7. The first-order valence-corrected chi connectivity index (χ1v) is 7.84. The van der Waals surface area contributed by atoms with E-state index in [-0.39, 0.29) is 5.91 Å². The van der Waals surface area contributed by atoms with Crippen LogP contribution >= 0.6 is 15.9 Å². The van der Waals surface area contributed by atoms with Crippen molar-refractivity contribution in [2.45, 2.75) is 6.54 Å². The minimum absolute atomic E-state index is 0.206. The molecule has 4 nitrogen and oxygen atoms in total. The first kappa shape index (κ1) is 15.4. The minimum Gasteiger partial charge on any atom is -0.465 e. The van der Waals surface area contributed by atoms with Gasteiger partial charge in [0.1, 0.15) is 17.3 Å². The number of amides is 1. The molecule has 0 saturated heterocycles. The molecule has 2 aromatic heterocycles. The molecule has 0 radical (unpaired) electrons. The molecule has 0 aliphatic heterocycles. The number of carbonyl (C=O) groups is 1. The number of halogens is 1. The molecule has 0 spiro atoms. The van der Waals surface area contributed by atoms with Gasteiger partial charge < -0.3 is 14.2 Å². The van der Waals surface area contributed by atoms with Crippen molar-refractivity contribution in [1.29, 1.82) is 0 Å². The average molecular weight is 372 g/mol. The fourth-order valence-electron chi connectivity index (χ4n) is 2.02. The van der Waals surface area contributed by atoms with Crippen molar-refractivity contribution in [2.24, 2.45) is 0 Å². The molecule has 0 atom stereocenters. The van der Waals surface area contributed by atoms with E-state index in [0.29, 0.717) is 18.1 Å². The lowest BCUT2D eigenvalue weighted by Gasteiger charge is -2.00. The van der Waals surface area contributed by atoms with Crippen LogP contribution < -0.4 is 5.32 Å². The zero-order valence-electron chi connectivity index (χ0n) is 12.2. The van der Waals surface area contributed by atoms with Gasteiger partial charge in [-0.2, -0.15) is 0 Å². The van der Waals surface area contributed by atoms with Gasteiger partial charge in [0, 0.05) is 16.1 Å². The lowest BCUT2D eigenvalue weighted by molar-refractivity contribution is -0.116. The van der Waals surface area contributed by atoms with Crippen molar-refractivity contribution >= 4 is 27.9 Å². The highest BCUT2D eigenvalue weighted by Gasteiger charge is 2.05. The summed E-state index contributed by atoms with van der Waals surface area (Å²) in [6, 6.07) is 15.1. The van der Waals surface area contributed by atoms with Gasteiger partial charge in [-0.25, -0.2) is 0 Å². The fourth-order valence-corrected chi connectivity index (χ4v) is 2.28. The largest absolute Gasteiger partial charge is 0.465 e. The predicted octanol–water partition coefficient (Wildman–Crippen LogP) is 4.63. The highest BCUT2D eigenvalue weighted by molar-refractivity contribution is 9.10. The topological polar surface area (TPSA) is 55.4 Å². The quantitative estimate of drug-likeness (QED) is 0.665. The van der Waals surface area contributed by atoms with Gasteiger partial charge in [-0.3, -0.25) is 4.79 Å². The molecule has 0 unspecified atom stereocenters. The fraction of sp³-hybridized carbons (Fsp3) is 0.0556. The van der Waals surface area contributed by atoms with Crippen LogP contribution in [0.15, 0.2) is 74.2 Å². The number of rotatable bonds is 5. The molecule has 3 rings (SSSR count). The van der Waals surface area contributed by atoms with Crippen LogP contribution in [0.5, 0.6) is 0 Å². The average Bonchev–Trinajstić information content (AvgIpc) is 3.23. The molecule has 0 bridgehead atoms. The molecule has 1 aromatic carbocycles. The van der Waals surface area contributed by atoms with Crippen LogP contribution in [-0.2, 0) is 11.3 Å². The molecule has 0 aliphatic carbocycles. The van der Waals surface area contributed by atoms with Crippen LogP contribution in [0, 0.1) is 0 Å². The van der Waals surface area contributed by atoms with E-state index >= 15 is 0 Å².